The van der Waals surface area contributed by atoms with Crippen LogP contribution in [0.3, 0.4) is 0 Å². The topological polar surface area (TPSA) is 58.7 Å². The van der Waals surface area contributed by atoms with Gasteiger partial charge in [-0.1, -0.05) is 0 Å². The number of phenolic OH excluding ortho intramolecular Hbond substituents is 1. The van der Waals surface area contributed by atoms with E-state index < -0.39 is 17.5 Å². The van der Waals surface area contributed by atoms with E-state index in [1.165, 1.54) is 13.2 Å². The number of nitrogens with zero attached hydrogens (tertiary/aromatic N) is 1. The van der Waals surface area contributed by atoms with Crippen LogP contribution in [-0.2, 0) is 6.18 Å². The van der Waals surface area contributed by atoms with Gasteiger partial charge < -0.3 is 15.6 Å². The number of methoxy groups -OCH3 is 1. The lowest BCUT2D eigenvalue weighted by Crippen LogP contribution is -2.21. The van der Waals surface area contributed by atoms with E-state index in [1.807, 2.05) is 11.9 Å². The maximum absolute atomic E-state index is 13.0. The van der Waals surface area contributed by atoms with Gasteiger partial charge in [0.2, 0.25) is 0 Å². The van der Waals surface area contributed by atoms with Crippen LogP contribution in [0.1, 0.15) is 23.6 Å². The number of ether oxygens (including phenoxy) is 1. The number of phenols is 1. The first-order valence-corrected chi connectivity index (χ1v) is 6.66. The molecule has 1 aromatic rings. The molecule has 1 saturated heterocycles. The van der Waals surface area contributed by atoms with Crippen LogP contribution in [0, 0.1) is 5.92 Å². The van der Waals surface area contributed by atoms with Gasteiger partial charge in [-0.15, -0.1) is 0 Å². The second-order valence-corrected chi connectivity index (χ2v) is 5.41. The van der Waals surface area contributed by atoms with Crippen molar-refractivity contribution in [2.45, 2.75) is 18.6 Å². The van der Waals surface area contributed by atoms with Gasteiger partial charge in [0, 0.05) is 12.6 Å². The Morgan fingerprint density at radius 3 is 2.57 bits per heavy atom. The van der Waals surface area contributed by atoms with Crippen molar-refractivity contribution in [1.82, 2.24) is 4.90 Å². The Kier molecular flexibility index (Phi) is 4.34. The van der Waals surface area contributed by atoms with Crippen LogP contribution in [0.25, 0.3) is 0 Å². The molecule has 0 bridgehead atoms. The lowest BCUT2D eigenvalue weighted by Gasteiger charge is -2.22. The van der Waals surface area contributed by atoms with Crippen molar-refractivity contribution in [3.05, 3.63) is 23.3 Å². The summed E-state index contributed by atoms with van der Waals surface area (Å²) in [4.78, 5) is 1.98. The minimum Gasteiger partial charge on any atom is -0.504 e. The first-order chi connectivity index (χ1) is 9.77. The molecule has 2 unspecified atom stereocenters. The second-order valence-electron chi connectivity index (χ2n) is 5.41. The number of aromatic hydroxyl groups is 1. The summed E-state index contributed by atoms with van der Waals surface area (Å²) in [6, 6.07) is 2.30. The molecule has 21 heavy (non-hydrogen) atoms. The van der Waals surface area contributed by atoms with Gasteiger partial charge in [-0.05, 0) is 43.6 Å². The lowest BCUT2D eigenvalue weighted by atomic mass is 9.97. The number of hydrogen-bond donors (Lipinski definition) is 2. The molecule has 1 aliphatic rings. The van der Waals surface area contributed by atoms with E-state index >= 15 is 0 Å². The molecular formula is C14H19F3N2O2. The summed E-state index contributed by atoms with van der Waals surface area (Å²) in [6.07, 6.45) is -3.93. The predicted octanol–water partition coefficient (Wildman–Crippen LogP) is 2.37. The summed E-state index contributed by atoms with van der Waals surface area (Å²) >= 11 is 0. The monoisotopic (exact) mass is 304 g/mol. The van der Waals surface area contributed by atoms with Crippen LogP contribution in [0.4, 0.5) is 13.2 Å². The number of likely N-dealkylation sites (tertiary alicyclic amines) is 1. The molecule has 0 amide bonds. The van der Waals surface area contributed by atoms with Crippen molar-refractivity contribution >= 4 is 0 Å². The van der Waals surface area contributed by atoms with Gasteiger partial charge in [-0.25, -0.2) is 0 Å². The second kappa shape index (κ2) is 5.73. The number of halogens is 3. The van der Waals surface area contributed by atoms with E-state index in [4.69, 9.17) is 10.5 Å². The van der Waals surface area contributed by atoms with Crippen molar-refractivity contribution < 1.29 is 23.0 Å². The normalized spacial score (nSPS) is 23.5. The number of benzene rings is 1. The molecule has 0 aliphatic carbocycles. The van der Waals surface area contributed by atoms with Gasteiger partial charge in [-0.3, -0.25) is 4.90 Å². The Bertz CT molecular complexity index is 520. The number of nitrogens with two attached hydrogens (primary N) is 1. The zero-order valence-electron chi connectivity index (χ0n) is 11.9. The molecule has 4 nitrogen and oxygen atoms in total. The third kappa shape index (κ3) is 3.08. The fourth-order valence-electron chi connectivity index (χ4n) is 2.86. The summed E-state index contributed by atoms with van der Waals surface area (Å²) in [5.41, 5.74) is 5.06. The Morgan fingerprint density at radius 2 is 2.10 bits per heavy atom. The quantitative estimate of drug-likeness (QED) is 0.900. The van der Waals surface area contributed by atoms with E-state index in [0.29, 0.717) is 18.5 Å². The third-order valence-corrected chi connectivity index (χ3v) is 3.98. The van der Waals surface area contributed by atoms with Crippen LogP contribution >= 0.6 is 0 Å². The van der Waals surface area contributed by atoms with Gasteiger partial charge in [0.1, 0.15) is 5.56 Å². The highest BCUT2D eigenvalue weighted by Crippen LogP contribution is 2.45. The lowest BCUT2D eigenvalue weighted by molar-refractivity contribution is -0.139. The van der Waals surface area contributed by atoms with Crippen molar-refractivity contribution in [3.8, 4) is 11.5 Å². The van der Waals surface area contributed by atoms with E-state index in [9.17, 15) is 18.3 Å². The molecule has 1 aromatic carbocycles. The number of alkyl halides is 3. The third-order valence-electron chi connectivity index (χ3n) is 3.98. The maximum Gasteiger partial charge on any atom is 0.420 e. The minimum atomic E-state index is -4.63. The van der Waals surface area contributed by atoms with E-state index in [2.05, 4.69) is 0 Å². The highest BCUT2D eigenvalue weighted by Gasteiger charge is 2.38. The molecule has 7 heteroatoms. The van der Waals surface area contributed by atoms with Crippen LogP contribution in [0.2, 0.25) is 0 Å². The minimum absolute atomic E-state index is 0.158. The van der Waals surface area contributed by atoms with Crippen molar-refractivity contribution in [3.63, 3.8) is 0 Å². The Labute approximate surface area is 121 Å². The average molecular weight is 304 g/mol. The fourth-order valence-corrected chi connectivity index (χ4v) is 2.86. The first-order valence-electron chi connectivity index (χ1n) is 6.66. The van der Waals surface area contributed by atoms with Crippen molar-refractivity contribution in [2.75, 3.05) is 27.2 Å². The van der Waals surface area contributed by atoms with Gasteiger partial charge >= 0.3 is 6.18 Å². The fraction of sp³-hybridized carbons (Fsp3) is 0.571. The molecule has 0 spiro atoms. The summed E-state index contributed by atoms with van der Waals surface area (Å²) in [6.45, 7) is 1.24. The van der Waals surface area contributed by atoms with Gasteiger partial charge in [0.25, 0.3) is 0 Å². The van der Waals surface area contributed by atoms with Crippen LogP contribution < -0.4 is 10.5 Å². The molecule has 0 aromatic heterocycles. The molecule has 118 valence electrons. The van der Waals surface area contributed by atoms with Crippen molar-refractivity contribution in [2.24, 2.45) is 11.7 Å². The molecule has 3 N–H and O–H groups in total. The van der Waals surface area contributed by atoms with Crippen LogP contribution in [0.5, 0.6) is 11.5 Å². The van der Waals surface area contributed by atoms with Gasteiger partial charge in [0.15, 0.2) is 11.5 Å². The molecule has 2 rings (SSSR count). The summed E-state index contributed by atoms with van der Waals surface area (Å²) in [5.74, 6) is -0.775. The summed E-state index contributed by atoms with van der Waals surface area (Å²) in [5, 5.41) is 9.68. The number of hydrogen-bond acceptors (Lipinski definition) is 4. The van der Waals surface area contributed by atoms with Gasteiger partial charge in [-0.2, -0.15) is 13.2 Å². The van der Waals surface area contributed by atoms with Crippen LogP contribution in [-0.4, -0.2) is 37.3 Å². The maximum atomic E-state index is 13.0. The Balaban J connectivity index is 2.45. The van der Waals surface area contributed by atoms with E-state index in [0.717, 1.165) is 12.6 Å². The predicted molar refractivity (Wildman–Crippen MR) is 72.2 cm³/mol. The van der Waals surface area contributed by atoms with Crippen molar-refractivity contribution in [1.29, 1.82) is 0 Å². The highest BCUT2D eigenvalue weighted by molar-refractivity contribution is 5.50. The molecule has 0 radical (unpaired) electrons. The molecular weight excluding hydrogens is 285 g/mol. The Morgan fingerprint density at radius 1 is 1.43 bits per heavy atom. The number of rotatable bonds is 3. The zero-order valence-corrected chi connectivity index (χ0v) is 11.9. The standard InChI is InChI=1S/C14H19F3N2O2/c1-19-7-8(6-18)3-11(19)9-4-10(14(15,16)17)13(20)12(5-9)21-2/h4-5,8,11,20H,3,6-7,18H2,1-2H3. The van der Waals surface area contributed by atoms with Crippen LogP contribution in [0.15, 0.2) is 12.1 Å². The summed E-state index contributed by atoms with van der Waals surface area (Å²) in [7, 11) is 3.09. The SMILES string of the molecule is COc1cc(C2CC(CN)CN2C)cc(C(F)(F)F)c1O. The molecule has 1 aliphatic heterocycles. The highest BCUT2D eigenvalue weighted by atomic mass is 19.4. The smallest absolute Gasteiger partial charge is 0.420 e. The van der Waals surface area contributed by atoms with E-state index in [-0.39, 0.29) is 17.7 Å². The molecule has 0 saturated carbocycles. The molecule has 1 heterocycles. The Hall–Kier alpha value is -1.47. The zero-order chi connectivity index (χ0) is 15.8. The first kappa shape index (κ1) is 15.9. The molecule has 2 atom stereocenters. The largest absolute Gasteiger partial charge is 0.504 e. The summed E-state index contributed by atoms with van der Waals surface area (Å²) < 4.78 is 43.9. The van der Waals surface area contributed by atoms with E-state index in [1.54, 1.807) is 0 Å². The average Bonchev–Trinajstić information content (AvgIpc) is 2.79. The molecule has 1 fully saturated rings. The van der Waals surface area contributed by atoms with Gasteiger partial charge in [0.05, 0.1) is 7.11 Å².